The van der Waals surface area contributed by atoms with Crippen molar-refractivity contribution in [2.75, 3.05) is 19.7 Å². The molecule has 0 amide bonds. The topological polar surface area (TPSA) is 21.3 Å². The predicted molar refractivity (Wildman–Crippen MR) is 67.7 cm³/mol. The molecular formula is C14H19NO. The second-order valence-electron chi connectivity index (χ2n) is 4.03. The normalized spacial score (nSPS) is 15.7. The van der Waals surface area contributed by atoms with Crippen molar-refractivity contribution in [3.05, 3.63) is 35.9 Å². The zero-order valence-corrected chi connectivity index (χ0v) is 9.83. The van der Waals surface area contributed by atoms with E-state index in [1.165, 1.54) is 11.1 Å². The summed E-state index contributed by atoms with van der Waals surface area (Å²) in [5.74, 6) is 1.03. The van der Waals surface area contributed by atoms with Crippen LogP contribution in [0, 0.1) is 0 Å². The van der Waals surface area contributed by atoms with Gasteiger partial charge < -0.3 is 10.1 Å². The molecule has 1 aliphatic heterocycles. The molecule has 0 saturated heterocycles. The van der Waals surface area contributed by atoms with E-state index in [1.807, 2.05) is 6.07 Å². The van der Waals surface area contributed by atoms with Gasteiger partial charge in [-0.2, -0.15) is 0 Å². The minimum absolute atomic E-state index is 0.794. The molecule has 1 aromatic carbocycles. The number of hydrogen-bond donors (Lipinski definition) is 1. The minimum Gasteiger partial charge on any atom is -0.493 e. The van der Waals surface area contributed by atoms with Crippen LogP contribution in [0.1, 0.15) is 25.3 Å². The van der Waals surface area contributed by atoms with Gasteiger partial charge in [-0.05, 0) is 31.0 Å². The number of nitrogens with one attached hydrogen (secondary N) is 1. The highest BCUT2D eigenvalue weighted by molar-refractivity contribution is 5.71. The van der Waals surface area contributed by atoms with Gasteiger partial charge in [0.15, 0.2) is 0 Å². The summed E-state index contributed by atoms with van der Waals surface area (Å²) in [4.78, 5) is 0. The molecule has 16 heavy (non-hydrogen) atoms. The SMILES string of the molecule is CCCOc1ccccc1C1=CCNCC1. The molecule has 0 aromatic heterocycles. The van der Waals surface area contributed by atoms with Crippen LogP contribution in [-0.4, -0.2) is 19.7 Å². The molecule has 1 heterocycles. The van der Waals surface area contributed by atoms with Crippen LogP contribution in [-0.2, 0) is 0 Å². The van der Waals surface area contributed by atoms with Gasteiger partial charge in [-0.15, -0.1) is 0 Å². The van der Waals surface area contributed by atoms with Crippen molar-refractivity contribution in [3.8, 4) is 5.75 Å². The summed E-state index contributed by atoms with van der Waals surface area (Å²) in [5.41, 5.74) is 2.67. The Morgan fingerprint density at radius 3 is 2.94 bits per heavy atom. The number of rotatable bonds is 4. The second-order valence-corrected chi connectivity index (χ2v) is 4.03. The van der Waals surface area contributed by atoms with E-state index in [4.69, 9.17) is 4.74 Å². The van der Waals surface area contributed by atoms with Crippen molar-refractivity contribution >= 4 is 5.57 Å². The van der Waals surface area contributed by atoms with Crippen molar-refractivity contribution in [2.45, 2.75) is 19.8 Å². The summed E-state index contributed by atoms with van der Waals surface area (Å²) in [5, 5.41) is 3.33. The van der Waals surface area contributed by atoms with E-state index < -0.39 is 0 Å². The van der Waals surface area contributed by atoms with Crippen LogP contribution >= 0.6 is 0 Å². The first-order valence-corrected chi connectivity index (χ1v) is 6.03. The molecule has 0 bridgehead atoms. The lowest BCUT2D eigenvalue weighted by Crippen LogP contribution is -2.20. The smallest absolute Gasteiger partial charge is 0.126 e. The van der Waals surface area contributed by atoms with E-state index in [0.717, 1.165) is 38.3 Å². The molecule has 2 rings (SSSR count). The first-order chi connectivity index (χ1) is 7.92. The first kappa shape index (κ1) is 11.2. The van der Waals surface area contributed by atoms with Crippen LogP contribution < -0.4 is 10.1 Å². The quantitative estimate of drug-likeness (QED) is 0.837. The first-order valence-electron chi connectivity index (χ1n) is 6.03. The maximum atomic E-state index is 5.78. The highest BCUT2D eigenvalue weighted by Crippen LogP contribution is 2.28. The fourth-order valence-electron chi connectivity index (χ4n) is 1.94. The molecule has 1 N–H and O–H groups in total. The Bertz CT molecular complexity index is 371. The lowest BCUT2D eigenvalue weighted by molar-refractivity contribution is 0.316. The largest absolute Gasteiger partial charge is 0.493 e. The molecule has 1 aliphatic rings. The number of benzene rings is 1. The summed E-state index contributed by atoms with van der Waals surface area (Å²) in [6.45, 7) is 4.96. The van der Waals surface area contributed by atoms with Crippen molar-refractivity contribution in [1.29, 1.82) is 0 Å². The van der Waals surface area contributed by atoms with Crippen LogP contribution in [0.25, 0.3) is 5.57 Å². The molecule has 1 aromatic rings. The maximum absolute atomic E-state index is 5.78. The van der Waals surface area contributed by atoms with Crippen molar-refractivity contribution in [2.24, 2.45) is 0 Å². The summed E-state index contributed by atoms with van der Waals surface area (Å²) in [7, 11) is 0. The molecule has 0 unspecified atom stereocenters. The molecule has 2 heteroatoms. The van der Waals surface area contributed by atoms with Gasteiger partial charge in [-0.3, -0.25) is 0 Å². The van der Waals surface area contributed by atoms with Crippen LogP contribution in [0.15, 0.2) is 30.3 Å². The van der Waals surface area contributed by atoms with Gasteiger partial charge in [-0.25, -0.2) is 0 Å². The van der Waals surface area contributed by atoms with E-state index in [-0.39, 0.29) is 0 Å². The van der Waals surface area contributed by atoms with Gasteiger partial charge in [0.2, 0.25) is 0 Å². The average molecular weight is 217 g/mol. The molecular weight excluding hydrogens is 198 g/mol. The Morgan fingerprint density at radius 2 is 2.19 bits per heavy atom. The monoisotopic (exact) mass is 217 g/mol. The highest BCUT2D eigenvalue weighted by atomic mass is 16.5. The fraction of sp³-hybridized carbons (Fsp3) is 0.429. The van der Waals surface area contributed by atoms with E-state index in [9.17, 15) is 0 Å². The summed E-state index contributed by atoms with van der Waals surface area (Å²) in [6, 6.07) is 8.34. The van der Waals surface area contributed by atoms with Gasteiger partial charge in [0.05, 0.1) is 6.61 Å². The van der Waals surface area contributed by atoms with Crippen LogP contribution in [0.3, 0.4) is 0 Å². The van der Waals surface area contributed by atoms with Gasteiger partial charge in [0.25, 0.3) is 0 Å². The lowest BCUT2D eigenvalue weighted by Gasteiger charge is -2.17. The van der Waals surface area contributed by atoms with E-state index in [0.29, 0.717) is 0 Å². The van der Waals surface area contributed by atoms with Crippen LogP contribution in [0.5, 0.6) is 5.75 Å². The Hall–Kier alpha value is -1.28. The third kappa shape index (κ3) is 2.64. The van der Waals surface area contributed by atoms with Crippen molar-refractivity contribution < 1.29 is 4.74 Å². The third-order valence-electron chi connectivity index (χ3n) is 2.76. The Labute approximate surface area is 97.3 Å². The van der Waals surface area contributed by atoms with Crippen LogP contribution in [0.2, 0.25) is 0 Å². The molecule has 0 fully saturated rings. The number of ether oxygens (including phenoxy) is 1. The van der Waals surface area contributed by atoms with Crippen molar-refractivity contribution in [3.63, 3.8) is 0 Å². The number of para-hydroxylation sites is 1. The summed E-state index contributed by atoms with van der Waals surface area (Å²) in [6.07, 6.45) is 4.40. The van der Waals surface area contributed by atoms with E-state index in [1.54, 1.807) is 0 Å². The average Bonchev–Trinajstić information content (AvgIpc) is 2.38. The van der Waals surface area contributed by atoms with E-state index in [2.05, 4.69) is 36.5 Å². The van der Waals surface area contributed by atoms with Gasteiger partial charge in [-0.1, -0.05) is 31.2 Å². The molecule has 86 valence electrons. The van der Waals surface area contributed by atoms with E-state index >= 15 is 0 Å². The molecule has 0 spiro atoms. The van der Waals surface area contributed by atoms with Gasteiger partial charge in [0.1, 0.15) is 5.75 Å². The Balaban J connectivity index is 2.21. The highest BCUT2D eigenvalue weighted by Gasteiger charge is 2.10. The fourth-order valence-corrected chi connectivity index (χ4v) is 1.94. The maximum Gasteiger partial charge on any atom is 0.126 e. The lowest BCUT2D eigenvalue weighted by atomic mass is 9.99. The zero-order chi connectivity index (χ0) is 11.2. The summed E-state index contributed by atoms with van der Waals surface area (Å²) < 4.78 is 5.78. The van der Waals surface area contributed by atoms with Crippen molar-refractivity contribution in [1.82, 2.24) is 5.32 Å². The number of hydrogen-bond acceptors (Lipinski definition) is 2. The summed E-state index contributed by atoms with van der Waals surface area (Å²) >= 11 is 0. The third-order valence-corrected chi connectivity index (χ3v) is 2.76. The van der Waals surface area contributed by atoms with Crippen LogP contribution in [0.4, 0.5) is 0 Å². The minimum atomic E-state index is 0.794. The van der Waals surface area contributed by atoms with Gasteiger partial charge >= 0.3 is 0 Å². The molecule has 0 atom stereocenters. The zero-order valence-electron chi connectivity index (χ0n) is 9.83. The predicted octanol–water partition coefficient (Wildman–Crippen LogP) is 2.85. The van der Waals surface area contributed by atoms with Gasteiger partial charge in [0, 0.05) is 12.1 Å². The molecule has 2 nitrogen and oxygen atoms in total. The second kappa shape index (κ2) is 5.71. The standard InChI is InChI=1S/C14H19NO/c1-2-11-16-14-6-4-3-5-13(14)12-7-9-15-10-8-12/h3-7,15H,2,8-11H2,1H3. The molecule has 0 aliphatic carbocycles. The Morgan fingerprint density at radius 1 is 1.31 bits per heavy atom. The molecule has 0 radical (unpaired) electrons. The Kier molecular flexibility index (Phi) is 4.00. The molecule has 0 saturated carbocycles.